The van der Waals surface area contributed by atoms with Crippen LogP contribution < -0.4 is 10.1 Å². The monoisotopic (exact) mass is 257 g/mol. The molecule has 1 aliphatic heterocycles. The molecule has 0 aliphatic carbocycles. The summed E-state index contributed by atoms with van der Waals surface area (Å²) in [5.74, 6) is 0.971. The van der Waals surface area contributed by atoms with Crippen molar-refractivity contribution in [2.24, 2.45) is 9.98 Å². The predicted molar refractivity (Wildman–Crippen MR) is 60.9 cm³/mol. The number of para-hydroxylation sites is 1. The van der Waals surface area contributed by atoms with Crippen molar-refractivity contribution in [3.8, 4) is 5.75 Å². The number of nitrogens with zero attached hydrogens (tertiary/aromatic N) is 2. The van der Waals surface area contributed by atoms with Gasteiger partial charge in [0.1, 0.15) is 18.1 Å². The van der Waals surface area contributed by atoms with Gasteiger partial charge in [-0.2, -0.15) is 13.2 Å². The first-order chi connectivity index (χ1) is 8.53. The Kier molecular flexibility index (Phi) is 3.50. The lowest BCUT2D eigenvalue weighted by molar-refractivity contribution is -0.118. The Morgan fingerprint density at radius 2 is 2.00 bits per heavy atom. The third kappa shape index (κ3) is 4.44. The molecule has 7 heteroatoms. The zero-order chi connectivity index (χ0) is 13.0. The quantitative estimate of drug-likeness (QED) is 0.650. The van der Waals surface area contributed by atoms with Crippen LogP contribution in [0.5, 0.6) is 5.75 Å². The van der Waals surface area contributed by atoms with Gasteiger partial charge in [-0.05, 0) is 12.1 Å². The third-order valence-corrected chi connectivity index (χ3v) is 1.93. The summed E-state index contributed by atoms with van der Waals surface area (Å²) in [7, 11) is 0. The van der Waals surface area contributed by atoms with Crippen LogP contribution in [0.1, 0.15) is 0 Å². The van der Waals surface area contributed by atoms with E-state index in [1.165, 1.54) is 0 Å². The average Bonchev–Trinajstić information content (AvgIpc) is 3.10. The molecule has 0 radical (unpaired) electrons. The summed E-state index contributed by atoms with van der Waals surface area (Å²) in [5.41, 5.74) is 0. The summed E-state index contributed by atoms with van der Waals surface area (Å²) in [6.07, 6.45) is -4.36. The fourth-order valence-electron chi connectivity index (χ4n) is 1.10. The Labute approximate surface area is 101 Å². The molecule has 1 aromatic rings. The summed E-state index contributed by atoms with van der Waals surface area (Å²) in [6, 6.07) is 8.25. The standard InChI is InChI=1S/C11H10F3N3O/c12-11(13,14)7-16-10(17-9-6-15-9)18-8-4-2-1-3-5-8/h1-5H,6-7H2,(H,15,16,17). The highest BCUT2D eigenvalue weighted by atomic mass is 19.4. The van der Waals surface area contributed by atoms with Crippen LogP contribution in [0.2, 0.25) is 0 Å². The van der Waals surface area contributed by atoms with Gasteiger partial charge in [-0.15, -0.1) is 0 Å². The first kappa shape index (κ1) is 12.4. The minimum atomic E-state index is -4.36. The fourth-order valence-corrected chi connectivity index (χ4v) is 1.10. The molecule has 0 amide bonds. The highest BCUT2D eigenvalue weighted by Gasteiger charge is 2.27. The Morgan fingerprint density at radius 3 is 2.56 bits per heavy atom. The van der Waals surface area contributed by atoms with Gasteiger partial charge in [0, 0.05) is 0 Å². The molecule has 1 heterocycles. The molecule has 4 nitrogen and oxygen atoms in total. The number of nitrogens with one attached hydrogen (secondary N) is 1. The van der Waals surface area contributed by atoms with Gasteiger partial charge in [-0.3, -0.25) is 10.3 Å². The molecule has 1 N–H and O–H groups in total. The van der Waals surface area contributed by atoms with E-state index < -0.39 is 12.7 Å². The maximum Gasteiger partial charge on any atom is 0.408 e. The number of alkyl halides is 3. The van der Waals surface area contributed by atoms with Crippen molar-refractivity contribution in [1.82, 2.24) is 5.32 Å². The lowest BCUT2D eigenvalue weighted by Crippen LogP contribution is -2.32. The highest BCUT2D eigenvalue weighted by Crippen LogP contribution is 2.15. The number of hydrogen-bond acceptors (Lipinski definition) is 3. The summed E-state index contributed by atoms with van der Waals surface area (Å²) in [5, 5.41) is 2.59. The second-order valence-corrected chi connectivity index (χ2v) is 3.54. The van der Waals surface area contributed by atoms with Gasteiger partial charge in [0.15, 0.2) is 0 Å². The third-order valence-electron chi connectivity index (χ3n) is 1.93. The molecule has 0 fully saturated rings. The van der Waals surface area contributed by atoms with Crippen molar-refractivity contribution in [1.29, 1.82) is 0 Å². The van der Waals surface area contributed by atoms with Crippen LogP contribution in [0, 0.1) is 0 Å². The average molecular weight is 257 g/mol. The van der Waals surface area contributed by atoms with Gasteiger partial charge in [0.05, 0.1) is 6.54 Å². The number of rotatable bonds is 2. The normalized spacial score (nSPS) is 15.1. The number of ether oxygens (including phenoxy) is 1. The minimum absolute atomic E-state index is 0.199. The maximum absolute atomic E-state index is 12.1. The SMILES string of the molecule is FC(F)(F)CN=C(NC1=NC1)Oc1ccccc1. The van der Waals surface area contributed by atoms with Crippen molar-refractivity contribution in [2.75, 3.05) is 13.1 Å². The molecule has 0 bridgehead atoms. The molecule has 1 aliphatic rings. The topological polar surface area (TPSA) is 46.0 Å². The van der Waals surface area contributed by atoms with E-state index in [4.69, 9.17) is 4.74 Å². The lowest BCUT2D eigenvalue weighted by Gasteiger charge is -2.09. The smallest absolute Gasteiger partial charge is 0.408 e. The molecule has 0 saturated heterocycles. The summed E-state index contributed by atoms with van der Waals surface area (Å²) < 4.78 is 41.5. The summed E-state index contributed by atoms with van der Waals surface area (Å²) in [4.78, 5) is 7.14. The van der Waals surface area contributed by atoms with Gasteiger partial charge in [-0.1, -0.05) is 18.2 Å². The van der Waals surface area contributed by atoms with Crippen LogP contribution >= 0.6 is 0 Å². The minimum Gasteiger partial charge on any atom is -0.426 e. The van der Waals surface area contributed by atoms with Crippen LogP contribution in [-0.2, 0) is 0 Å². The van der Waals surface area contributed by atoms with Gasteiger partial charge in [-0.25, -0.2) is 4.99 Å². The molecule has 0 spiro atoms. The van der Waals surface area contributed by atoms with E-state index >= 15 is 0 Å². The zero-order valence-corrected chi connectivity index (χ0v) is 9.24. The Morgan fingerprint density at radius 1 is 1.33 bits per heavy atom. The van der Waals surface area contributed by atoms with E-state index in [9.17, 15) is 13.2 Å². The van der Waals surface area contributed by atoms with E-state index in [0.29, 0.717) is 18.1 Å². The summed E-state index contributed by atoms with van der Waals surface area (Å²) in [6.45, 7) is -0.821. The second-order valence-electron chi connectivity index (χ2n) is 3.54. The largest absolute Gasteiger partial charge is 0.426 e. The number of halogens is 3. The molecule has 1 aromatic carbocycles. The van der Waals surface area contributed by atoms with Crippen molar-refractivity contribution in [3.05, 3.63) is 30.3 Å². The van der Waals surface area contributed by atoms with Crippen LogP contribution in [0.15, 0.2) is 40.3 Å². The van der Waals surface area contributed by atoms with E-state index in [2.05, 4.69) is 15.3 Å². The van der Waals surface area contributed by atoms with Crippen molar-refractivity contribution < 1.29 is 17.9 Å². The lowest BCUT2D eigenvalue weighted by atomic mass is 10.3. The molecule has 0 saturated carbocycles. The van der Waals surface area contributed by atoms with Gasteiger partial charge < -0.3 is 4.74 Å². The first-order valence-electron chi connectivity index (χ1n) is 5.17. The molecule has 18 heavy (non-hydrogen) atoms. The molecule has 0 atom stereocenters. The fraction of sp³-hybridized carbons (Fsp3) is 0.273. The van der Waals surface area contributed by atoms with E-state index in [0.717, 1.165) is 0 Å². The number of hydrogen-bond donors (Lipinski definition) is 1. The Bertz CT molecular complexity index is 468. The van der Waals surface area contributed by atoms with Crippen LogP contribution in [0.3, 0.4) is 0 Å². The summed E-state index contributed by atoms with van der Waals surface area (Å²) >= 11 is 0. The molecule has 96 valence electrons. The van der Waals surface area contributed by atoms with Crippen molar-refractivity contribution in [2.45, 2.75) is 6.18 Å². The highest BCUT2D eigenvalue weighted by molar-refractivity contribution is 6.05. The second kappa shape index (κ2) is 5.07. The zero-order valence-electron chi connectivity index (χ0n) is 9.24. The van der Waals surface area contributed by atoms with Gasteiger partial charge in [0.25, 0.3) is 6.02 Å². The van der Waals surface area contributed by atoms with Gasteiger partial charge >= 0.3 is 6.18 Å². The maximum atomic E-state index is 12.1. The Hall–Kier alpha value is -2.05. The van der Waals surface area contributed by atoms with Crippen LogP contribution in [-0.4, -0.2) is 31.1 Å². The number of aliphatic imine (C=N–C) groups is 2. The number of amidine groups is 2. The molecule has 2 rings (SSSR count). The predicted octanol–water partition coefficient (Wildman–Crippen LogP) is 1.99. The van der Waals surface area contributed by atoms with Crippen molar-refractivity contribution >= 4 is 11.9 Å². The first-order valence-corrected chi connectivity index (χ1v) is 5.17. The van der Waals surface area contributed by atoms with E-state index in [1.807, 2.05) is 0 Å². The number of benzene rings is 1. The van der Waals surface area contributed by atoms with Crippen molar-refractivity contribution in [3.63, 3.8) is 0 Å². The molecule has 0 aromatic heterocycles. The van der Waals surface area contributed by atoms with Crippen LogP contribution in [0.25, 0.3) is 0 Å². The van der Waals surface area contributed by atoms with Gasteiger partial charge in [0.2, 0.25) is 0 Å². The van der Waals surface area contributed by atoms with Crippen LogP contribution in [0.4, 0.5) is 13.2 Å². The Balaban J connectivity index is 2.02. The molecular formula is C11H10F3N3O. The van der Waals surface area contributed by atoms with E-state index in [-0.39, 0.29) is 6.02 Å². The molecule has 0 unspecified atom stereocenters. The molecular weight excluding hydrogens is 247 g/mol. The van der Waals surface area contributed by atoms with E-state index in [1.54, 1.807) is 30.3 Å².